The van der Waals surface area contributed by atoms with E-state index < -0.39 is 17.3 Å². The van der Waals surface area contributed by atoms with Gasteiger partial charge in [0.05, 0.1) is 7.11 Å². The Labute approximate surface area is 154 Å². The van der Waals surface area contributed by atoms with Crippen LogP contribution < -0.4 is 10.7 Å². The molecule has 1 amide bonds. The number of carbonyl (C=O) groups excluding carboxylic acids is 2. The normalized spacial score (nSPS) is 10.6. The maximum atomic E-state index is 13.9. The van der Waals surface area contributed by atoms with Gasteiger partial charge in [-0.3, -0.25) is 14.4 Å². The van der Waals surface area contributed by atoms with Crippen LogP contribution in [0.1, 0.15) is 21.5 Å². The number of H-pyrrole nitrogens is 1. The predicted molar refractivity (Wildman–Crippen MR) is 98.1 cm³/mol. The molecule has 6 nitrogen and oxygen atoms in total. The van der Waals surface area contributed by atoms with Gasteiger partial charge in [-0.1, -0.05) is 24.3 Å². The third-order valence-electron chi connectivity index (χ3n) is 4.16. The lowest BCUT2D eigenvalue weighted by Gasteiger charge is -2.07. The Morgan fingerprint density at radius 1 is 1.19 bits per heavy atom. The molecule has 138 valence electrons. The number of carbonyl (C=O) groups is 2. The van der Waals surface area contributed by atoms with Gasteiger partial charge in [-0.2, -0.15) is 0 Å². The lowest BCUT2D eigenvalue weighted by molar-refractivity contribution is -0.139. The van der Waals surface area contributed by atoms with Crippen molar-refractivity contribution in [3.63, 3.8) is 0 Å². The highest BCUT2D eigenvalue weighted by Crippen LogP contribution is 2.17. The van der Waals surface area contributed by atoms with E-state index in [2.05, 4.69) is 15.0 Å². The highest BCUT2D eigenvalue weighted by molar-refractivity contribution is 5.98. The maximum absolute atomic E-state index is 13.9. The summed E-state index contributed by atoms with van der Waals surface area (Å²) in [6, 6.07) is 11.6. The summed E-state index contributed by atoms with van der Waals surface area (Å²) in [6.07, 6.45) is 1.62. The minimum Gasteiger partial charge on any atom is -0.468 e. The van der Waals surface area contributed by atoms with E-state index in [4.69, 9.17) is 0 Å². The van der Waals surface area contributed by atoms with E-state index in [1.54, 1.807) is 36.4 Å². The van der Waals surface area contributed by atoms with Crippen LogP contribution in [-0.4, -0.2) is 30.5 Å². The van der Waals surface area contributed by atoms with E-state index in [1.165, 1.54) is 19.4 Å². The van der Waals surface area contributed by atoms with Gasteiger partial charge >= 0.3 is 5.97 Å². The van der Waals surface area contributed by atoms with Crippen LogP contribution in [0.5, 0.6) is 0 Å². The van der Waals surface area contributed by atoms with Crippen LogP contribution in [0, 0.1) is 5.82 Å². The summed E-state index contributed by atoms with van der Waals surface area (Å²) >= 11 is 0. The number of pyridine rings is 1. The molecular formula is C20H17FN2O4. The number of benzene rings is 2. The first-order chi connectivity index (χ1) is 13.0. The number of halogens is 1. The van der Waals surface area contributed by atoms with Crippen LogP contribution in [-0.2, 0) is 16.0 Å². The van der Waals surface area contributed by atoms with Crippen molar-refractivity contribution in [2.24, 2.45) is 0 Å². The van der Waals surface area contributed by atoms with Gasteiger partial charge in [-0.05, 0) is 29.3 Å². The number of aromatic nitrogens is 1. The standard InChI is InChI=1S/C20H17FN2O4/c1-27-18(24)11-23-20(26)15-10-22-17-7-6-12(9-14(17)19(15)25)8-13-4-2-3-5-16(13)21/h2-7,9-10H,8,11H2,1H3,(H,22,25)(H,23,26). The Kier molecular flexibility index (Phi) is 5.30. The zero-order chi connectivity index (χ0) is 19.4. The Hall–Kier alpha value is -3.48. The van der Waals surface area contributed by atoms with E-state index in [-0.39, 0.29) is 17.9 Å². The summed E-state index contributed by atoms with van der Waals surface area (Å²) in [5, 5.41) is 2.65. The smallest absolute Gasteiger partial charge is 0.325 e. The van der Waals surface area contributed by atoms with Crippen molar-refractivity contribution >= 4 is 22.8 Å². The molecule has 0 unspecified atom stereocenters. The molecule has 0 fully saturated rings. The van der Waals surface area contributed by atoms with Crippen LogP contribution in [0.2, 0.25) is 0 Å². The highest BCUT2D eigenvalue weighted by Gasteiger charge is 2.14. The highest BCUT2D eigenvalue weighted by atomic mass is 19.1. The second kappa shape index (κ2) is 7.82. The van der Waals surface area contributed by atoms with E-state index in [1.807, 2.05) is 0 Å². The number of hydrogen-bond donors (Lipinski definition) is 2. The van der Waals surface area contributed by atoms with Crippen molar-refractivity contribution < 1.29 is 18.7 Å². The Morgan fingerprint density at radius 3 is 2.70 bits per heavy atom. The van der Waals surface area contributed by atoms with Crippen molar-refractivity contribution in [3.05, 3.63) is 81.4 Å². The molecule has 3 aromatic rings. The lowest BCUT2D eigenvalue weighted by Crippen LogP contribution is -2.33. The molecule has 0 aliphatic carbocycles. The lowest BCUT2D eigenvalue weighted by atomic mass is 10.0. The second-order valence-corrected chi connectivity index (χ2v) is 5.94. The summed E-state index contributed by atoms with van der Waals surface area (Å²) in [6.45, 7) is -0.333. The number of nitrogens with one attached hydrogen (secondary N) is 2. The molecule has 0 saturated carbocycles. The molecule has 0 saturated heterocycles. The first kappa shape index (κ1) is 18.3. The molecule has 0 aliphatic rings. The van der Waals surface area contributed by atoms with Crippen molar-refractivity contribution in [2.75, 3.05) is 13.7 Å². The molecule has 0 bridgehead atoms. The van der Waals surface area contributed by atoms with Gasteiger partial charge in [0.15, 0.2) is 0 Å². The quantitative estimate of drug-likeness (QED) is 0.676. The zero-order valence-electron chi connectivity index (χ0n) is 14.5. The van der Waals surface area contributed by atoms with E-state index >= 15 is 0 Å². The zero-order valence-corrected chi connectivity index (χ0v) is 14.5. The largest absolute Gasteiger partial charge is 0.468 e. The predicted octanol–water partition coefficient (Wildman–Crippen LogP) is 2.16. The van der Waals surface area contributed by atoms with Gasteiger partial charge < -0.3 is 15.0 Å². The molecular weight excluding hydrogens is 351 g/mol. The monoisotopic (exact) mass is 368 g/mol. The summed E-state index contributed by atoms with van der Waals surface area (Å²) in [5.41, 5.74) is 1.23. The van der Waals surface area contributed by atoms with Crippen LogP contribution in [0.25, 0.3) is 10.9 Å². The SMILES string of the molecule is COC(=O)CNC(=O)c1c[nH]c2ccc(Cc3ccccc3F)cc2c1=O. The van der Waals surface area contributed by atoms with Gasteiger partial charge in [0.2, 0.25) is 5.43 Å². The molecule has 3 rings (SSSR count). The van der Waals surface area contributed by atoms with Crippen molar-refractivity contribution in [1.82, 2.24) is 10.3 Å². The average Bonchev–Trinajstić information content (AvgIpc) is 2.68. The number of ether oxygens (including phenoxy) is 1. The number of rotatable bonds is 5. The van der Waals surface area contributed by atoms with Crippen LogP contribution in [0.3, 0.4) is 0 Å². The molecule has 1 heterocycles. The Balaban J connectivity index is 1.92. The summed E-state index contributed by atoms with van der Waals surface area (Å²) in [7, 11) is 1.20. The van der Waals surface area contributed by atoms with Gasteiger partial charge in [0, 0.05) is 23.5 Å². The van der Waals surface area contributed by atoms with Gasteiger partial charge in [-0.25, -0.2) is 4.39 Å². The molecule has 7 heteroatoms. The number of hydrogen-bond acceptors (Lipinski definition) is 4. The maximum Gasteiger partial charge on any atom is 0.325 e. The van der Waals surface area contributed by atoms with Crippen molar-refractivity contribution in [1.29, 1.82) is 0 Å². The van der Waals surface area contributed by atoms with Gasteiger partial charge in [-0.15, -0.1) is 0 Å². The average molecular weight is 368 g/mol. The number of methoxy groups -OCH3 is 1. The number of esters is 1. The van der Waals surface area contributed by atoms with Crippen molar-refractivity contribution in [2.45, 2.75) is 6.42 Å². The molecule has 0 radical (unpaired) electrons. The van der Waals surface area contributed by atoms with Crippen molar-refractivity contribution in [3.8, 4) is 0 Å². The Bertz CT molecular complexity index is 1080. The molecule has 1 aromatic heterocycles. The van der Waals surface area contributed by atoms with E-state index in [0.717, 1.165) is 5.56 Å². The van der Waals surface area contributed by atoms with Crippen LogP contribution >= 0.6 is 0 Å². The number of aromatic amines is 1. The third kappa shape index (κ3) is 4.03. The number of amides is 1. The first-order valence-corrected chi connectivity index (χ1v) is 8.22. The van der Waals surface area contributed by atoms with Gasteiger partial charge in [0.25, 0.3) is 5.91 Å². The minimum atomic E-state index is -0.678. The van der Waals surface area contributed by atoms with E-state index in [0.29, 0.717) is 22.9 Å². The fraction of sp³-hybridized carbons (Fsp3) is 0.150. The van der Waals surface area contributed by atoms with Crippen LogP contribution in [0.4, 0.5) is 4.39 Å². The second-order valence-electron chi connectivity index (χ2n) is 5.94. The molecule has 2 aromatic carbocycles. The summed E-state index contributed by atoms with van der Waals surface area (Å²) < 4.78 is 18.3. The molecule has 0 aliphatic heterocycles. The number of fused-ring (bicyclic) bond motifs is 1. The van der Waals surface area contributed by atoms with E-state index in [9.17, 15) is 18.8 Å². The molecule has 0 atom stereocenters. The molecule has 27 heavy (non-hydrogen) atoms. The summed E-state index contributed by atoms with van der Waals surface area (Å²) in [4.78, 5) is 38.9. The first-order valence-electron chi connectivity index (χ1n) is 8.22. The molecule has 0 spiro atoms. The Morgan fingerprint density at radius 2 is 1.96 bits per heavy atom. The fourth-order valence-corrected chi connectivity index (χ4v) is 2.73. The minimum absolute atomic E-state index is 0.116. The van der Waals surface area contributed by atoms with Gasteiger partial charge in [0.1, 0.15) is 17.9 Å². The summed E-state index contributed by atoms with van der Waals surface area (Å²) in [5.74, 6) is -1.61. The third-order valence-corrected chi connectivity index (χ3v) is 4.16. The molecule has 2 N–H and O–H groups in total. The topological polar surface area (TPSA) is 88.3 Å². The fourth-order valence-electron chi connectivity index (χ4n) is 2.73. The van der Waals surface area contributed by atoms with Crippen LogP contribution in [0.15, 0.2) is 53.5 Å².